The molecule has 0 unspecified atom stereocenters. The number of carbonyl (C=O) groups excluding carboxylic acids is 1. The molecule has 2 aromatic rings. The first-order valence-electron chi connectivity index (χ1n) is 9.65. The molecule has 10 heteroatoms. The van der Waals surface area contributed by atoms with E-state index < -0.39 is 6.61 Å². The summed E-state index contributed by atoms with van der Waals surface area (Å²) in [7, 11) is 0. The number of carbonyl (C=O) groups is 1. The monoisotopic (exact) mass is 492 g/mol. The van der Waals surface area contributed by atoms with Gasteiger partial charge in [0.25, 0.3) is 0 Å². The summed E-state index contributed by atoms with van der Waals surface area (Å²) >= 11 is 18.2. The third-order valence-corrected chi connectivity index (χ3v) is 5.41. The van der Waals surface area contributed by atoms with Gasteiger partial charge in [0, 0.05) is 17.6 Å². The summed E-state index contributed by atoms with van der Waals surface area (Å²) in [4.78, 5) is 14.7. The van der Waals surface area contributed by atoms with Crippen LogP contribution in [0.3, 0.4) is 0 Å². The average Bonchev–Trinajstić information content (AvgIpc) is 3.51. The molecule has 5 nitrogen and oxygen atoms in total. The Morgan fingerprint density at radius 1 is 1.16 bits per heavy atom. The predicted molar refractivity (Wildman–Crippen MR) is 118 cm³/mol. The Balaban J connectivity index is 1.70. The predicted octanol–water partition coefficient (Wildman–Crippen LogP) is 6.25. The molecule has 0 radical (unpaired) electrons. The van der Waals surface area contributed by atoms with E-state index in [1.165, 1.54) is 18.2 Å². The second-order valence-electron chi connectivity index (χ2n) is 7.02. The van der Waals surface area contributed by atoms with E-state index in [2.05, 4.69) is 10.1 Å². The Morgan fingerprint density at radius 2 is 1.84 bits per heavy atom. The highest BCUT2D eigenvalue weighted by atomic mass is 35.5. The zero-order chi connectivity index (χ0) is 22.5. The van der Waals surface area contributed by atoms with Crippen LogP contribution >= 0.6 is 34.8 Å². The van der Waals surface area contributed by atoms with Crippen molar-refractivity contribution in [1.29, 1.82) is 0 Å². The number of hydrogen-bond donors (Lipinski definition) is 1. The lowest BCUT2D eigenvalue weighted by Gasteiger charge is -2.22. The number of nitrogens with zero attached hydrogens (tertiary/aromatic N) is 1. The van der Waals surface area contributed by atoms with Crippen molar-refractivity contribution >= 4 is 46.4 Å². The molecule has 0 bridgehead atoms. The van der Waals surface area contributed by atoms with Crippen LogP contribution < -0.4 is 14.8 Å². The number of benzene rings is 2. The summed E-state index contributed by atoms with van der Waals surface area (Å²) in [5, 5.41) is 3.61. The van der Waals surface area contributed by atoms with Crippen molar-refractivity contribution in [2.75, 3.05) is 18.5 Å². The number of rotatable bonds is 10. The van der Waals surface area contributed by atoms with E-state index in [0.29, 0.717) is 23.9 Å². The van der Waals surface area contributed by atoms with E-state index in [9.17, 15) is 13.6 Å². The SMILES string of the molecule is CCOc1cc(CN(CC(=O)Nc2c(Cl)cc(Cl)cc2Cl)C2CC2)ccc1OC(F)F. The molecule has 1 fully saturated rings. The molecule has 2 aromatic carbocycles. The fourth-order valence-corrected chi connectivity index (χ4v) is 4.04. The lowest BCUT2D eigenvalue weighted by molar-refractivity contribution is -0.117. The van der Waals surface area contributed by atoms with Crippen LogP contribution in [0.1, 0.15) is 25.3 Å². The minimum Gasteiger partial charge on any atom is -0.490 e. The number of hydrogen-bond acceptors (Lipinski definition) is 4. The van der Waals surface area contributed by atoms with Crippen molar-refractivity contribution in [2.24, 2.45) is 0 Å². The first-order chi connectivity index (χ1) is 14.8. The summed E-state index contributed by atoms with van der Waals surface area (Å²) in [6, 6.07) is 8.05. The Bertz CT molecular complexity index is 919. The summed E-state index contributed by atoms with van der Waals surface area (Å²) in [6.07, 6.45) is 1.95. The van der Waals surface area contributed by atoms with Crippen LogP contribution in [-0.2, 0) is 11.3 Å². The van der Waals surface area contributed by atoms with E-state index in [4.69, 9.17) is 39.5 Å². The van der Waals surface area contributed by atoms with Gasteiger partial charge in [-0.2, -0.15) is 8.78 Å². The average molecular weight is 494 g/mol. The zero-order valence-electron chi connectivity index (χ0n) is 16.6. The maximum Gasteiger partial charge on any atom is 0.387 e. The van der Waals surface area contributed by atoms with Gasteiger partial charge < -0.3 is 14.8 Å². The number of alkyl halides is 2. The molecular formula is C21H21Cl3F2N2O3. The maximum atomic E-state index is 12.6. The number of ether oxygens (including phenoxy) is 2. The van der Waals surface area contributed by atoms with Gasteiger partial charge in [-0.25, -0.2) is 0 Å². The van der Waals surface area contributed by atoms with Crippen molar-refractivity contribution in [3.63, 3.8) is 0 Å². The van der Waals surface area contributed by atoms with Gasteiger partial charge in [0.1, 0.15) is 0 Å². The summed E-state index contributed by atoms with van der Waals surface area (Å²) in [6.45, 7) is -0.329. The maximum absolute atomic E-state index is 12.6. The molecular weight excluding hydrogens is 473 g/mol. The van der Waals surface area contributed by atoms with Gasteiger partial charge in [0.15, 0.2) is 11.5 Å². The molecule has 0 aliphatic heterocycles. The topological polar surface area (TPSA) is 50.8 Å². The highest BCUT2D eigenvalue weighted by Crippen LogP contribution is 2.35. The molecule has 3 rings (SSSR count). The van der Waals surface area contributed by atoms with E-state index in [1.807, 2.05) is 4.90 Å². The van der Waals surface area contributed by atoms with Gasteiger partial charge in [-0.15, -0.1) is 0 Å². The van der Waals surface area contributed by atoms with Crippen LogP contribution in [0.2, 0.25) is 15.1 Å². The molecule has 0 atom stereocenters. The highest BCUT2D eigenvalue weighted by molar-refractivity contribution is 6.42. The molecule has 1 aliphatic carbocycles. The quantitative estimate of drug-likeness (QED) is 0.425. The van der Waals surface area contributed by atoms with Gasteiger partial charge >= 0.3 is 6.61 Å². The summed E-state index contributed by atoms with van der Waals surface area (Å²) < 4.78 is 35.2. The summed E-state index contributed by atoms with van der Waals surface area (Å²) in [5.41, 5.74) is 1.12. The first-order valence-corrected chi connectivity index (χ1v) is 10.8. The molecule has 0 saturated heterocycles. The van der Waals surface area contributed by atoms with Gasteiger partial charge in [-0.3, -0.25) is 9.69 Å². The smallest absolute Gasteiger partial charge is 0.387 e. The molecule has 0 aromatic heterocycles. The molecule has 1 amide bonds. The second kappa shape index (κ2) is 10.7. The van der Waals surface area contributed by atoms with Crippen LogP contribution in [0.15, 0.2) is 30.3 Å². The minimum atomic E-state index is -2.94. The first kappa shape index (κ1) is 23.9. The number of anilines is 1. The minimum absolute atomic E-state index is 0.0247. The fraction of sp³-hybridized carbons (Fsp3) is 0.381. The molecule has 1 N–H and O–H groups in total. The molecule has 168 valence electrons. The lowest BCUT2D eigenvalue weighted by Crippen LogP contribution is -2.34. The van der Waals surface area contributed by atoms with Gasteiger partial charge in [-0.1, -0.05) is 40.9 Å². The third-order valence-electron chi connectivity index (χ3n) is 4.59. The Kier molecular flexibility index (Phi) is 8.22. The van der Waals surface area contributed by atoms with Gasteiger partial charge in [0.05, 0.1) is 28.9 Å². The Hall–Kier alpha value is -1.80. The standard InChI is InChI=1S/C21H21Cl3F2N2O3/c1-2-30-18-7-12(3-6-17(18)31-21(25)26)10-28(14-4-5-14)11-19(29)27-20-15(23)8-13(22)9-16(20)24/h3,6-9,14,21H,2,4-5,10-11H2,1H3,(H,27,29). The fourth-order valence-electron chi connectivity index (χ4n) is 3.13. The second-order valence-corrected chi connectivity index (χ2v) is 8.27. The lowest BCUT2D eigenvalue weighted by atomic mass is 10.2. The Morgan fingerprint density at radius 3 is 2.42 bits per heavy atom. The van der Waals surface area contributed by atoms with E-state index in [1.54, 1.807) is 19.1 Å². The molecule has 1 saturated carbocycles. The van der Waals surface area contributed by atoms with E-state index in [0.717, 1.165) is 18.4 Å². The van der Waals surface area contributed by atoms with Crippen molar-refractivity contribution in [3.05, 3.63) is 51.0 Å². The zero-order valence-corrected chi connectivity index (χ0v) is 18.9. The molecule has 0 heterocycles. The van der Waals surface area contributed by atoms with Crippen LogP contribution in [-0.4, -0.2) is 36.6 Å². The van der Waals surface area contributed by atoms with Gasteiger partial charge in [-0.05, 0) is 49.6 Å². The van der Waals surface area contributed by atoms with Crippen molar-refractivity contribution < 1.29 is 23.0 Å². The number of nitrogens with one attached hydrogen (secondary N) is 1. The number of amides is 1. The largest absolute Gasteiger partial charge is 0.490 e. The van der Waals surface area contributed by atoms with E-state index >= 15 is 0 Å². The molecule has 0 spiro atoms. The van der Waals surface area contributed by atoms with Crippen LogP contribution in [0, 0.1) is 0 Å². The van der Waals surface area contributed by atoms with E-state index in [-0.39, 0.29) is 40.0 Å². The van der Waals surface area contributed by atoms with Crippen LogP contribution in [0.5, 0.6) is 11.5 Å². The van der Waals surface area contributed by atoms with Crippen LogP contribution in [0.4, 0.5) is 14.5 Å². The normalized spacial score (nSPS) is 13.5. The van der Waals surface area contributed by atoms with Crippen molar-refractivity contribution in [1.82, 2.24) is 4.90 Å². The highest BCUT2D eigenvalue weighted by Gasteiger charge is 2.31. The molecule has 31 heavy (non-hydrogen) atoms. The summed E-state index contributed by atoms with van der Waals surface area (Å²) in [5.74, 6) is -0.0655. The third kappa shape index (κ3) is 6.84. The number of halogens is 5. The Labute approximate surface area is 194 Å². The van der Waals surface area contributed by atoms with Crippen molar-refractivity contribution in [3.8, 4) is 11.5 Å². The van der Waals surface area contributed by atoms with Crippen LogP contribution in [0.25, 0.3) is 0 Å². The van der Waals surface area contributed by atoms with Gasteiger partial charge in [0.2, 0.25) is 5.91 Å². The van der Waals surface area contributed by atoms with Crippen molar-refractivity contribution in [2.45, 2.75) is 39.0 Å². The molecule has 1 aliphatic rings.